The summed E-state index contributed by atoms with van der Waals surface area (Å²) >= 11 is 17.8. The van der Waals surface area contributed by atoms with E-state index in [0.29, 0.717) is 16.4 Å². The summed E-state index contributed by atoms with van der Waals surface area (Å²) in [6, 6.07) is 9.66. The highest BCUT2D eigenvalue weighted by Gasteiger charge is 2.14. The number of hydrogen-bond acceptors (Lipinski definition) is 2. The van der Waals surface area contributed by atoms with Gasteiger partial charge in [0.05, 0.1) is 26.3 Å². The molecule has 0 fully saturated rings. The van der Waals surface area contributed by atoms with Crippen molar-refractivity contribution < 1.29 is 4.79 Å². The molecule has 0 aliphatic heterocycles. The number of carbonyl (C=O) groups excluding carboxylic acids is 1. The highest BCUT2D eigenvalue weighted by atomic mass is 35.5. The van der Waals surface area contributed by atoms with E-state index in [0.717, 1.165) is 0 Å². The van der Waals surface area contributed by atoms with Gasteiger partial charge in [-0.2, -0.15) is 0 Å². The van der Waals surface area contributed by atoms with Crippen molar-refractivity contribution >= 4 is 52.1 Å². The van der Waals surface area contributed by atoms with Crippen LogP contribution in [0.2, 0.25) is 15.1 Å². The first-order chi connectivity index (χ1) is 8.99. The molecule has 0 aromatic heterocycles. The first-order valence-corrected chi connectivity index (χ1v) is 6.43. The molecule has 0 aliphatic carbocycles. The van der Waals surface area contributed by atoms with E-state index >= 15 is 0 Å². The lowest BCUT2D eigenvalue weighted by Crippen LogP contribution is -2.13. The van der Waals surface area contributed by atoms with Gasteiger partial charge in [-0.25, -0.2) is 0 Å². The zero-order valence-corrected chi connectivity index (χ0v) is 11.9. The van der Waals surface area contributed by atoms with Crippen LogP contribution in [0.4, 0.5) is 11.4 Å². The second kappa shape index (κ2) is 5.70. The molecule has 3 N–H and O–H groups in total. The third-order valence-corrected chi connectivity index (χ3v) is 3.41. The van der Waals surface area contributed by atoms with Crippen molar-refractivity contribution in [3.8, 4) is 0 Å². The number of nitrogens with two attached hydrogens (primary N) is 1. The van der Waals surface area contributed by atoms with Crippen LogP contribution in [-0.2, 0) is 0 Å². The molecule has 1 amide bonds. The number of rotatable bonds is 2. The summed E-state index contributed by atoms with van der Waals surface area (Å²) in [5.74, 6) is -0.406. The van der Waals surface area contributed by atoms with Gasteiger partial charge in [0.25, 0.3) is 5.91 Å². The van der Waals surface area contributed by atoms with Crippen LogP contribution < -0.4 is 11.1 Å². The molecular weight excluding hydrogens is 307 g/mol. The molecule has 0 atom stereocenters. The summed E-state index contributed by atoms with van der Waals surface area (Å²) in [6.07, 6.45) is 0. The molecule has 98 valence electrons. The molecule has 3 nitrogen and oxygen atoms in total. The third kappa shape index (κ3) is 3.13. The van der Waals surface area contributed by atoms with E-state index in [1.165, 1.54) is 0 Å². The minimum absolute atomic E-state index is 0.221. The number of halogens is 3. The Balaban J connectivity index is 2.28. The van der Waals surface area contributed by atoms with E-state index in [4.69, 9.17) is 40.5 Å². The zero-order chi connectivity index (χ0) is 14.0. The summed E-state index contributed by atoms with van der Waals surface area (Å²) in [6.45, 7) is 0. The molecule has 19 heavy (non-hydrogen) atoms. The van der Waals surface area contributed by atoms with Gasteiger partial charge in [0.2, 0.25) is 0 Å². The van der Waals surface area contributed by atoms with Gasteiger partial charge >= 0.3 is 0 Å². The van der Waals surface area contributed by atoms with Crippen molar-refractivity contribution in [1.82, 2.24) is 0 Å². The van der Waals surface area contributed by atoms with Crippen molar-refractivity contribution in [2.75, 3.05) is 11.1 Å². The molecule has 0 saturated heterocycles. The quantitative estimate of drug-likeness (QED) is 0.803. The summed E-state index contributed by atoms with van der Waals surface area (Å²) < 4.78 is 0. The van der Waals surface area contributed by atoms with Crippen LogP contribution in [0.1, 0.15) is 10.4 Å². The van der Waals surface area contributed by atoms with Crippen LogP contribution in [0.15, 0.2) is 36.4 Å². The smallest absolute Gasteiger partial charge is 0.258 e. The largest absolute Gasteiger partial charge is 0.398 e. The standard InChI is InChI=1S/C13H9Cl3N2O/c14-8-2-1-3-9(15)12(8)13(19)18-7-4-5-11(17)10(16)6-7/h1-6H,17H2,(H,18,19). The maximum atomic E-state index is 12.1. The predicted octanol–water partition coefficient (Wildman–Crippen LogP) is 4.48. The molecule has 0 aliphatic rings. The second-order valence-corrected chi connectivity index (χ2v) is 5.01. The Kier molecular flexibility index (Phi) is 4.20. The lowest BCUT2D eigenvalue weighted by molar-refractivity contribution is 0.102. The highest BCUT2D eigenvalue weighted by molar-refractivity contribution is 6.40. The number of hydrogen-bond donors (Lipinski definition) is 2. The van der Waals surface area contributed by atoms with Crippen molar-refractivity contribution in [2.24, 2.45) is 0 Å². The number of nitrogen functional groups attached to an aromatic ring is 1. The molecule has 0 heterocycles. The van der Waals surface area contributed by atoms with E-state index < -0.39 is 5.91 Å². The van der Waals surface area contributed by atoms with Crippen LogP contribution in [0, 0.1) is 0 Å². The maximum absolute atomic E-state index is 12.1. The predicted molar refractivity (Wildman–Crippen MR) is 80.3 cm³/mol. The zero-order valence-electron chi connectivity index (χ0n) is 9.58. The number of benzene rings is 2. The van der Waals surface area contributed by atoms with Gasteiger partial charge in [0, 0.05) is 5.69 Å². The monoisotopic (exact) mass is 314 g/mol. The average molecular weight is 316 g/mol. The Hall–Kier alpha value is -1.42. The van der Waals surface area contributed by atoms with Gasteiger partial charge in [-0.1, -0.05) is 40.9 Å². The minimum Gasteiger partial charge on any atom is -0.398 e. The topological polar surface area (TPSA) is 55.1 Å². The van der Waals surface area contributed by atoms with Gasteiger partial charge in [0.15, 0.2) is 0 Å². The fraction of sp³-hybridized carbons (Fsp3) is 0. The lowest BCUT2D eigenvalue weighted by Gasteiger charge is -2.09. The van der Waals surface area contributed by atoms with E-state index in [1.54, 1.807) is 36.4 Å². The SMILES string of the molecule is Nc1ccc(NC(=O)c2c(Cl)cccc2Cl)cc1Cl. The first kappa shape index (κ1) is 14.0. The van der Waals surface area contributed by atoms with E-state index in [-0.39, 0.29) is 15.6 Å². The second-order valence-electron chi connectivity index (χ2n) is 3.79. The summed E-state index contributed by atoms with van der Waals surface area (Å²) in [5, 5.41) is 3.59. The van der Waals surface area contributed by atoms with Gasteiger partial charge in [-0.15, -0.1) is 0 Å². The van der Waals surface area contributed by atoms with Crippen LogP contribution in [0.5, 0.6) is 0 Å². The molecule has 2 rings (SSSR count). The van der Waals surface area contributed by atoms with Crippen molar-refractivity contribution in [1.29, 1.82) is 0 Å². The number of carbonyl (C=O) groups is 1. The minimum atomic E-state index is -0.406. The van der Waals surface area contributed by atoms with Crippen molar-refractivity contribution in [2.45, 2.75) is 0 Å². The number of anilines is 2. The molecule has 6 heteroatoms. The molecule has 0 unspecified atom stereocenters. The van der Waals surface area contributed by atoms with E-state index in [2.05, 4.69) is 5.32 Å². The van der Waals surface area contributed by atoms with Crippen LogP contribution in [0.25, 0.3) is 0 Å². The van der Waals surface area contributed by atoms with Gasteiger partial charge in [-0.3, -0.25) is 4.79 Å². The van der Waals surface area contributed by atoms with Crippen molar-refractivity contribution in [3.63, 3.8) is 0 Å². The Morgan fingerprint density at radius 3 is 2.21 bits per heavy atom. The van der Waals surface area contributed by atoms with E-state index in [9.17, 15) is 4.79 Å². The Morgan fingerprint density at radius 1 is 1.00 bits per heavy atom. The Morgan fingerprint density at radius 2 is 1.63 bits per heavy atom. The van der Waals surface area contributed by atoms with Gasteiger partial charge in [0.1, 0.15) is 0 Å². The number of nitrogens with one attached hydrogen (secondary N) is 1. The van der Waals surface area contributed by atoms with Crippen LogP contribution in [-0.4, -0.2) is 5.91 Å². The maximum Gasteiger partial charge on any atom is 0.258 e. The Bertz CT molecular complexity index is 624. The Labute approximate surface area is 125 Å². The normalized spacial score (nSPS) is 10.3. The molecule has 2 aromatic carbocycles. The van der Waals surface area contributed by atoms with Crippen molar-refractivity contribution in [3.05, 3.63) is 57.0 Å². The third-order valence-electron chi connectivity index (χ3n) is 2.45. The molecular formula is C13H9Cl3N2O. The highest BCUT2D eigenvalue weighted by Crippen LogP contribution is 2.27. The molecule has 0 radical (unpaired) electrons. The fourth-order valence-electron chi connectivity index (χ4n) is 1.51. The number of amides is 1. The summed E-state index contributed by atoms with van der Waals surface area (Å²) in [4.78, 5) is 12.1. The molecule has 0 bridgehead atoms. The summed E-state index contributed by atoms with van der Waals surface area (Å²) in [7, 11) is 0. The lowest BCUT2D eigenvalue weighted by atomic mass is 10.2. The molecule has 0 saturated carbocycles. The van der Waals surface area contributed by atoms with Gasteiger partial charge < -0.3 is 11.1 Å². The first-order valence-electron chi connectivity index (χ1n) is 5.29. The molecule has 2 aromatic rings. The van der Waals surface area contributed by atoms with Crippen LogP contribution in [0.3, 0.4) is 0 Å². The summed E-state index contributed by atoms with van der Waals surface area (Å²) in [5.41, 5.74) is 6.77. The molecule has 0 spiro atoms. The van der Waals surface area contributed by atoms with E-state index in [1.807, 2.05) is 0 Å². The van der Waals surface area contributed by atoms with Gasteiger partial charge in [-0.05, 0) is 30.3 Å². The fourth-order valence-corrected chi connectivity index (χ4v) is 2.26. The average Bonchev–Trinajstić information content (AvgIpc) is 2.33. The van der Waals surface area contributed by atoms with Crippen LogP contribution >= 0.6 is 34.8 Å².